The highest BCUT2D eigenvalue weighted by Crippen LogP contribution is 2.10. The van der Waals surface area contributed by atoms with Crippen molar-refractivity contribution in [3.05, 3.63) is 0 Å². The first-order valence-electron chi connectivity index (χ1n) is 6.62. The summed E-state index contributed by atoms with van der Waals surface area (Å²) in [5.41, 5.74) is -0.794. The van der Waals surface area contributed by atoms with Crippen molar-refractivity contribution < 1.29 is 24.8 Å². The quantitative estimate of drug-likeness (QED) is 0.479. The highest BCUT2D eigenvalue weighted by atomic mass is 16.6. The summed E-state index contributed by atoms with van der Waals surface area (Å²) in [6.45, 7) is 5.94. The zero-order valence-corrected chi connectivity index (χ0v) is 11.8. The molecule has 0 fully saturated rings. The summed E-state index contributed by atoms with van der Waals surface area (Å²) in [5, 5.41) is 28.0. The number of ether oxygens (including phenoxy) is 2. The van der Waals surface area contributed by atoms with Crippen molar-refractivity contribution in [2.24, 2.45) is 0 Å². The minimum atomic E-state index is -0.794. The molecule has 3 N–H and O–H groups in total. The van der Waals surface area contributed by atoms with Crippen LogP contribution in [0.4, 0.5) is 0 Å². The zero-order valence-electron chi connectivity index (χ0n) is 11.8. The largest absolute Gasteiger partial charge is 0.394 e. The maximum atomic E-state index is 9.55. The van der Waals surface area contributed by atoms with E-state index in [4.69, 9.17) is 9.47 Å². The third-order valence-electron chi connectivity index (χ3n) is 2.65. The van der Waals surface area contributed by atoms with Crippen LogP contribution in [0.1, 0.15) is 40.0 Å². The number of aliphatic hydroxyl groups is 3. The molecule has 0 bridgehead atoms. The molecule has 0 aromatic carbocycles. The summed E-state index contributed by atoms with van der Waals surface area (Å²) in [5.74, 6) is 0. The second-order valence-corrected chi connectivity index (χ2v) is 5.10. The van der Waals surface area contributed by atoms with Crippen molar-refractivity contribution in [2.75, 3.05) is 26.4 Å². The molecule has 0 aromatic heterocycles. The van der Waals surface area contributed by atoms with Crippen LogP contribution in [0.25, 0.3) is 0 Å². The van der Waals surface area contributed by atoms with E-state index in [0.717, 1.165) is 12.8 Å². The van der Waals surface area contributed by atoms with Gasteiger partial charge in [0.1, 0.15) is 12.2 Å². The molecule has 0 spiro atoms. The highest BCUT2D eigenvalue weighted by Gasteiger charge is 2.22. The Kier molecular flexibility index (Phi) is 9.59. The summed E-state index contributed by atoms with van der Waals surface area (Å²) in [4.78, 5) is 0. The zero-order chi connectivity index (χ0) is 14.0. The molecule has 0 aliphatic rings. The second-order valence-electron chi connectivity index (χ2n) is 5.10. The Hall–Kier alpha value is -0.200. The average molecular weight is 264 g/mol. The fraction of sp³-hybridized carbons (Fsp3) is 1.00. The van der Waals surface area contributed by atoms with Gasteiger partial charge in [-0.1, -0.05) is 13.3 Å². The standard InChI is InChI=1S/C13H28O5/c1-4-5-7-17-11(9-14)12(10-15)18-8-6-13(2,3)16/h11-12,14-16H,4-10H2,1-3H3. The molecular weight excluding hydrogens is 236 g/mol. The van der Waals surface area contributed by atoms with Gasteiger partial charge in [-0.25, -0.2) is 0 Å². The molecule has 18 heavy (non-hydrogen) atoms. The van der Waals surface area contributed by atoms with E-state index < -0.39 is 17.8 Å². The Balaban J connectivity index is 4.01. The van der Waals surface area contributed by atoms with Gasteiger partial charge in [0.2, 0.25) is 0 Å². The first-order valence-corrected chi connectivity index (χ1v) is 6.62. The molecular formula is C13H28O5. The topological polar surface area (TPSA) is 79.2 Å². The second kappa shape index (κ2) is 9.69. The van der Waals surface area contributed by atoms with E-state index in [9.17, 15) is 15.3 Å². The van der Waals surface area contributed by atoms with Crippen LogP contribution in [-0.4, -0.2) is 59.6 Å². The Morgan fingerprint density at radius 1 is 1.00 bits per heavy atom. The Labute approximate surface area is 110 Å². The predicted molar refractivity (Wildman–Crippen MR) is 69.5 cm³/mol. The minimum Gasteiger partial charge on any atom is -0.394 e. The molecule has 0 aliphatic carbocycles. The van der Waals surface area contributed by atoms with Crippen molar-refractivity contribution >= 4 is 0 Å². The molecule has 2 atom stereocenters. The van der Waals surface area contributed by atoms with Gasteiger partial charge < -0.3 is 24.8 Å². The van der Waals surface area contributed by atoms with Crippen LogP contribution in [-0.2, 0) is 9.47 Å². The fourth-order valence-corrected chi connectivity index (χ4v) is 1.39. The lowest BCUT2D eigenvalue weighted by Gasteiger charge is -2.26. The van der Waals surface area contributed by atoms with E-state index >= 15 is 0 Å². The van der Waals surface area contributed by atoms with Gasteiger partial charge in [0.15, 0.2) is 0 Å². The van der Waals surface area contributed by atoms with Gasteiger partial charge >= 0.3 is 0 Å². The van der Waals surface area contributed by atoms with Gasteiger partial charge in [0.25, 0.3) is 0 Å². The van der Waals surface area contributed by atoms with E-state index in [-0.39, 0.29) is 13.2 Å². The van der Waals surface area contributed by atoms with Crippen molar-refractivity contribution in [1.29, 1.82) is 0 Å². The summed E-state index contributed by atoms with van der Waals surface area (Å²) in [6.07, 6.45) is 1.34. The molecule has 5 heteroatoms. The van der Waals surface area contributed by atoms with Gasteiger partial charge in [-0.3, -0.25) is 0 Å². The van der Waals surface area contributed by atoms with Gasteiger partial charge in [0.05, 0.1) is 18.8 Å². The molecule has 5 nitrogen and oxygen atoms in total. The molecule has 0 saturated carbocycles. The Morgan fingerprint density at radius 3 is 1.89 bits per heavy atom. The van der Waals surface area contributed by atoms with Crippen molar-refractivity contribution in [2.45, 2.75) is 57.8 Å². The van der Waals surface area contributed by atoms with Crippen molar-refractivity contribution in [3.8, 4) is 0 Å². The summed E-state index contributed by atoms with van der Waals surface area (Å²) in [7, 11) is 0. The van der Waals surface area contributed by atoms with E-state index in [1.54, 1.807) is 13.8 Å². The normalized spacial score (nSPS) is 15.7. The molecule has 110 valence electrons. The van der Waals surface area contributed by atoms with Crippen LogP contribution in [0.3, 0.4) is 0 Å². The molecule has 0 rings (SSSR count). The van der Waals surface area contributed by atoms with Crippen LogP contribution in [0.2, 0.25) is 0 Å². The molecule has 0 aromatic rings. The highest BCUT2D eigenvalue weighted by molar-refractivity contribution is 4.71. The smallest absolute Gasteiger partial charge is 0.109 e. The summed E-state index contributed by atoms with van der Waals surface area (Å²) in [6, 6.07) is 0. The minimum absolute atomic E-state index is 0.183. The monoisotopic (exact) mass is 264 g/mol. The van der Waals surface area contributed by atoms with Crippen LogP contribution in [0, 0.1) is 0 Å². The molecule has 0 aliphatic heterocycles. The van der Waals surface area contributed by atoms with Crippen LogP contribution in [0.5, 0.6) is 0 Å². The van der Waals surface area contributed by atoms with Gasteiger partial charge in [-0.05, 0) is 26.7 Å². The predicted octanol–water partition coefficient (Wildman–Crippen LogP) is 0.703. The molecule has 0 heterocycles. The molecule has 2 unspecified atom stereocenters. The molecule has 0 radical (unpaired) electrons. The summed E-state index contributed by atoms with van der Waals surface area (Å²) >= 11 is 0. The Bertz CT molecular complexity index is 190. The Morgan fingerprint density at radius 2 is 1.50 bits per heavy atom. The SMILES string of the molecule is CCCCOC(CO)C(CO)OCCC(C)(C)O. The van der Waals surface area contributed by atoms with E-state index in [1.807, 2.05) is 0 Å². The van der Waals surface area contributed by atoms with Crippen molar-refractivity contribution in [3.63, 3.8) is 0 Å². The maximum Gasteiger partial charge on any atom is 0.109 e. The van der Waals surface area contributed by atoms with Crippen LogP contribution < -0.4 is 0 Å². The number of aliphatic hydroxyl groups excluding tert-OH is 2. The lowest BCUT2D eigenvalue weighted by atomic mass is 10.1. The lowest BCUT2D eigenvalue weighted by Crippen LogP contribution is -2.38. The third-order valence-corrected chi connectivity index (χ3v) is 2.65. The van der Waals surface area contributed by atoms with Crippen LogP contribution in [0.15, 0.2) is 0 Å². The van der Waals surface area contributed by atoms with Crippen molar-refractivity contribution in [1.82, 2.24) is 0 Å². The number of rotatable bonds is 11. The fourth-order valence-electron chi connectivity index (χ4n) is 1.39. The van der Waals surface area contributed by atoms with E-state index in [2.05, 4.69) is 6.92 Å². The lowest BCUT2D eigenvalue weighted by molar-refractivity contribution is -0.116. The number of hydrogen-bond donors (Lipinski definition) is 3. The van der Waals surface area contributed by atoms with E-state index in [0.29, 0.717) is 19.6 Å². The first kappa shape index (κ1) is 17.8. The number of unbranched alkanes of at least 4 members (excludes halogenated alkanes) is 1. The van der Waals surface area contributed by atoms with Gasteiger partial charge in [-0.2, -0.15) is 0 Å². The van der Waals surface area contributed by atoms with Gasteiger partial charge in [-0.15, -0.1) is 0 Å². The summed E-state index contributed by atoms with van der Waals surface area (Å²) < 4.78 is 10.9. The third kappa shape index (κ3) is 8.83. The van der Waals surface area contributed by atoms with E-state index in [1.165, 1.54) is 0 Å². The maximum absolute atomic E-state index is 9.55. The molecule has 0 amide bonds. The molecule has 0 saturated heterocycles. The van der Waals surface area contributed by atoms with Crippen LogP contribution >= 0.6 is 0 Å². The number of hydrogen-bond acceptors (Lipinski definition) is 5. The average Bonchev–Trinajstić information content (AvgIpc) is 2.30. The first-order chi connectivity index (χ1) is 8.44. The van der Waals surface area contributed by atoms with Gasteiger partial charge in [0, 0.05) is 13.2 Å².